The lowest BCUT2D eigenvalue weighted by atomic mass is 10.2. The number of aromatic nitrogens is 2. The van der Waals surface area contributed by atoms with Crippen molar-refractivity contribution in [1.29, 1.82) is 0 Å². The summed E-state index contributed by atoms with van der Waals surface area (Å²) in [7, 11) is 1.49. The molecule has 9 heteroatoms. The van der Waals surface area contributed by atoms with E-state index in [-0.39, 0.29) is 30.6 Å². The van der Waals surface area contributed by atoms with Gasteiger partial charge in [-0.1, -0.05) is 13.8 Å². The number of anilines is 2. The van der Waals surface area contributed by atoms with E-state index in [9.17, 15) is 14.4 Å². The molecular formula is C18H26N4O5. The Morgan fingerprint density at radius 3 is 2.56 bits per heavy atom. The zero-order chi connectivity index (χ0) is 20.3. The molecule has 2 heterocycles. The standard InChI is InChI=1S/C18H26N4O5/c1-10(2)9-22-15(19)14(16(23)20-18(22)25)21(6-7-26-5)17(24)13-8-11(3)27-12(13)4/h8,10H,6-7,9,19H2,1-5H3,(H,20,23,25). The van der Waals surface area contributed by atoms with Gasteiger partial charge in [0, 0.05) is 20.2 Å². The lowest BCUT2D eigenvalue weighted by Gasteiger charge is -2.24. The highest BCUT2D eigenvalue weighted by Gasteiger charge is 2.27. The number of furan rings is 1. The molecule has 2 aromatic heterocycles. The number of nitrogens with one attached hydrogen (secondary N) is 1. The molecule has 0 spiro atoms. The number of aromatic amines is 1. The van der Waals surface area contributed by atoms with Gasteiger partial charge < -0.3 is 14.9 Å². The number of methoxy groups -OCH3 is 1. The van der Waals surface area contributed by atoms with Gasteiger partial charge in [0.05, 0.1) is 12.2 Å². The van der Waals surface area contributed by atoms with Crippen molar-refractivity contribution >= 4 is 17.4 Å². The van der Waals surface area contributed by atoms with Crippen LogP contribution in [0.5, 0.6) is 0 Å². The van der Waals surface area contributed by atoms with E-state index in [0.29, 0.717) is 23.6 Å². The number of carbonyl (C=O) groups is 1. The van der Waals surface area contributed by atoms with E-state index in [0.717, 1.165) is 0 Å². The Bertz CT molecular complexity index is 938. The van der Waals surface area contributed by atoms with Crippen LogP contribution in [-0.4, -0.2) is 35.7 Å². The quantitative estimate of drug-likeness (QED) is 0.748. The van der Waals surface area contributed by atoms with Crippen molar-refractivity contribution in [2.24, 2.45) is 5.92 Å². The van der Waals surface area contributed by atoms with Crippen LogP contribution in [0.15, 0.2) is 20.1 Å². The molecule has 0 saturated heterocycles. The molecule has 0 aliphatic rings. The molecule has 27 heavy (non-hydrogen) atoms. The third-order valence-electron chi connectivity index (χ3n) is 4.07. The van der Waals surface area contributed by atoms with E-state index in [1.807, 2.05) is 13.8 Å². The van der Waals surface area contributed by atoms with Crippen LogP contribution >= 0.6 is 0 Å². The van der Waals surface area contributed by atoms with Crippen LogP contribution in [0, 0.1) is 19.8 Å². The van der Waals surface area contributed by atoms with Gasteiger partial charge in [-0.25, -0.2) is 4.79 Å². The predicted molar refractivity (Wildman–Crippen MR) is 102 cm³/mol. The summed E-state index contributed by atoms with van der Waals surface area (Å²) in [6.45, 7) is 7.82. The Kier molecular flexibility index (Phi) is 6.27. The second-order valence-electron chi connectivity index (χ2n) is 6.77. The van der Waals surface area contributed by atoms with Gasteiger partial charge in [-0.15, -0.1) is 0 Å². The topological polar surface area (TPSA) is 124 Å². The minimum absolute atomic E-state index is 0.0558. The minimum Gasteiger partial charge on any atom is -0.466 e. The number of rotatable bonds is 7. The van der Waals surface area contributed by atoms with E-state index >= 15 is 0 Å². The first-order chi connectivity index (χ1) is 12.7. The molecule has 0 radical (unpaired) electrons. The summed E-state index contributed by atoms with van der Waals surface area (Å²) in [4.78, 5) is 41.3. The van der Waals surface area contributed by atoms with Gasteiger partial charge in [-0.3, -0.25) is 24.0 Å². The van der Waals surface area contributed by atoms with E-state index in [2.05, 4.69) is 4.98 Å². The number of ether oxygens (including phenoxy) is 1. The highest BCUT2D eigenvalue weighted by atomic mass is 16.5. The summed E-state index contributed by atoms with van der Waals surface area (Å²) < 4.78 is 11.8. The fraction of sp³-hybridized carbons (Fsp3) is 0.500. The maximum Gasteiger partial charge on any atom is 0.330 e. The Morgan fingerprint density at radius 1 is 1.37 bits per heavy atom. The maximum atomic E-state index is 13.1. The molecule has 2 rings (SSSR count). The van der Waals surface area contributed by atoms with Crippen molar-refractivity contribution in [2.75, 3.05) is 30.9 Å². The zero-order valence-electron chi connectivity index (χ0n) is 16.3. The predicted octanol–water partition coefficient (Wildman–Crippen LogP) is 1.28. The first-order valence-corrected chi connectivity index (χ1v) is 8.67. The summed E-state index contributed by atoms with van der Waals surface area (Å²) in [5, 5.41) is 0. The molecule has 0 atom stereocenters. The summed E-state index contributed by atoms with van der Waals surface area (Å²) in [6, 6.07) is 1.60. The third kappa shape index (κ3) is 4.30. The second-order valence-corrected chi connectivity index (χ2v) is 6.77. The van der Waals surface area contributed by atoms with Gasteiger partial charge in [0.2, 0.25) is 0 Å². The van der Waals surface area contributed by atoms with Gasteiger partial charge in [0.15, 0.2) is 5.69 Å². The number of H-pyrrole nitrogens is 1. The Hall–Kier alpha value is -2.81. The van der Waals surface area contributed by atoms with Crippen molar-refractivity contribution in [3.63, 3.8) is 0 Å². The number of aryl methyl sites for hydroxylation is 2. The molecule has 0 bridgehead atoms. The lowest BCUT2D eigenvalue weighted by Crippen LogP contribution is -2.43. The third-order valence-corrected chi connectivity index (χ3v) is 4.07. The summed E-state index contributed by atoms with van der Waals surface area (Å²) in [5.41, 5.74) is 5.07. The highest BCUT2D eigenvalue weighted by molar-refractivity contribution is 6.07. The monoisotopic (exact) mass is 378 g/mol. The molecule has 9 nitrogen and oxygen atoms in total. The number of amides is 1. The van der Waals surface area contributed by atoms with Crippen molar-refractivity contribution < 1.29 is 13.9 Å². The maximum absolute atomic E-state index is 13.1. The molecule has 0 aliphatic carbocycles. The van der Waals surface area contributed by atoms with Gasteiger partial charge in [-0.2, -0.15) is 0 Å². The van der Waals surface area contributed by atoms with Gasteiger partial charge in [-0.05, 0) is 25.8 Å². The normalized spacial score (nSPS) is 11.2. The fourth-order valence-electron chi connectivity index (χ4n) is 2.87. The molecule has 0 aliphatic heterocycles. The van der Waals surface area contributed by atoms with Crippen molar-refractivity contribution in [3.05, 3.63) is 44.0 Å². The largest absolute Gasteiger partial charge is 0.466 e. The summed E-state index contributed by atoms with van der Waals surface area (Å²) in [5.74, 6) is 0.624. The first-order valence-electron chi connectivity index (χ1n) is 8.67. The van der Waals surface area contributed by atoms with Crippen molar-refractivity contribution in [3.8, 4) is 0 Å². The van der Waals surface area contributed by atoms with Crippen LogP contribution in [-0.2, 0) is 11.3 Å². The van der Waals surface area contributed by atoms with Crippen LogP contribution in [0.3, 0.4) is 0 Å². The number of nitrogen functional groups attached to an aromatic ring is 1. The second kappa shape index (κ2) is 8.26. The molecule has 0 fully saturated rings. The minimum atomic E-state index is -0.722. The molecule has 2 aromatic rings. The van der Waals surface area contributed by atoms with Gasteiger partial charge >= 0.3 is 5.69 Å². The molecule has 3 N–H and O–H groups in total. The van der Waals surface area contributed by atoms with Crippen LogP contribution < -0.4 is 21.9 Å². The number of carbonyl (C=O) groups excluding carboxylic acids is 1. The molecule has 148 valence electrons. The average Bonchev–Trinajstić information content (AvgIpc) is 2.92. The van der Waals surface area contributed by atoms with Crippen LogP contribution in [0.1, 0.15) is 35.7 Å². The van der Waals surface area contributed by atoms with E-state index in [1.54, 1.807) is 19.9 Å². The van der Waals surface area contributed by atoms with E-state index < -0.39 is 17.2 Å². The molecule has 0 unspecified atom stereocenters. The van der Waals surface area contributed by atoms with Crippen LogP contribution in [0.4, 0.5) is 11.5 Å². The Balaban J connectivity index is 2.63. The number of nitrogens with two attached hydrogens (primary N) is 1. The fourth-order valence-corrected chi connectivity index (χ4v) is 2.87. The van der Waals surface area contributed by atoms with Crippen LogP contribution in [0.25, 0.3) is 0 Å². The summed E-state index contributed by atoms with van der Waals surface area (Å²) >= 11 is 0. The SMILES string of the molecule is COCCN(C(=O)c1cc(C)oc1C)c1c(N)n(CC(C)C)c(=O)[nH]c1=O. The zero-order valence-corrected chi connectivity index (χ0v) is 16.3. The number of hydrogen-bond acceptors (Lipinski definition) is 6. The van der Waals surface area contributed by atoms with Crippen molar-refractivity contribution in [1.82, 2.24) is 9.55 Å². The molecule has 1 amide bonds. The Labute approximate surface area is 156 Å². The Morgan fingerprint density at radius 2 is 2.04 bits per heavy atom. The van der Waals surface area contributed by atoms with Gasteiger partial charge in [0.1, 0.15) is 17.3 Å². The first kappa shape index (κ1) is 20.5. The van der Waals surface area contributed by atoms with E-state index in [1.165, 1.54) is 16.6 Å². The van der Waals surface area contributed by atoms with Crippen LogP contribution in [0.2, 0.25) is 0 Å². The number of nitrogens with zero attached hydrogens (tertiary/aromatic N) is 2. The lowest BCUT2D eigenvalue weighted by molar-refractivity contribution is 0.0974. The molecule has 0 saturated carbocycles. The molecular weight excluding hydrogens is 352 g/mol. The number of hydrogen-bond donors (Lipinski definition) is 2. The molecule has 0 aromatic carbocycles. The van der Waals surface area contributed by atoms with E-state index in [4.69, 9.17) is 14.9 Å². The van der Waals surface area contributed by atoms with Crippen molar-refractivity contribution in [2.45, 2.75) is 34.2 Å². The smallest absolute Gasteiger partial charge is 0.330 e. The highest BCUT2D eigenvalue weighted by Crippen LogP contribution is 2.22. The summed E-state index contributed by atoms with van der Waals surface area (Å²) in [6.07, 6.45) is 0. The van der Waals surface area contributed by atoms with Gasteiger partial charge in [0.25, 0.3) is 11.5 Å². The average molecular weight is 378 g/mol.